The number of ether oxygens (including phenoxy) is 12. The lowest BCUT2D eigenvalue weighted by Crippen LogP contribution is -2.32. The molecule has 0 aliphatic heterocycles. The van der Waals surface area contributed by atoms with E-state index < -0.39 is 246 Å². The molecule has 0 aliphatic rings. The molecular formula is C77H121N13O43S9. The molecule has 4 rings (SSSR count). The summed E-state index contributed by atoms with van der Waals surface area (Å²) >= 11 is 0. The van der Waals surface area contributed by atoms with Gasteiger partial charge in [-0.05, 0) is 132 Å². The molecule has 142 heavy (non-hydrogen) atoms. The van der Waals surface area contributed by atoms with Gasteiger partial charge in [0, 0.05) is 86.7 Å². The molecule has 4 aromatic carbocycles. The van der Waals surface area contributed by atoms with E-state index in [0.29, 0.717) is 12.8 Å². The van der Waals surface area contributed by atoms with Crippen molar-refractivity contribution in [1.82, 2.24) is 31.3 Å². The van der Waals surface area contributed by atoms with Crippen LogP contribution < -0.4 is 107 Å². The van der Waals surface area contributed by atoms with Gasteiger partial charge in [-0.3, -0.25) is 65.1 Å². The quantitative estimate of drug-likeness (QED) is 0.00913. The minimum atomic E-state index is -4.48. The van der Waals surface area contributed by atoms with Gasteiger partial charge in [0.2, 0.25) is 23.0 Å². The lowest BCUT2D eigenvalue weighted by Gasteiger charge is -2.20. The normalized spacial score (nSPS) is 12.7. The topological polar surface area (TPSA) is 878 Å². The maximum Gasteiger partial charge on any atom is 0.264 e. The van der Waals surface area contributed by atoms with Crippen molar-refractivity contribution in [2.24, 2.45) is 39.1 Å². The summed E-state index contributed by atoms with van der Waals surface area (Å²) in [5.41, 5.74) is 12.1. The van der Waals surface area contributed by atoms with Crippen molar-refractivity contribution in [2.75, 3.05) is 177 Å². The van der Waals surface area contributed by atoms with Gasteiger partial charge in [-0.15, -0.1) is 0 Å². The molecule has 0 fully saturated rings. The molecule has 0 unspecified atom stereocenters. The zero-order valence-electron chi connectivity index (χ0n) is 76.8. The van der Waals surface area contributed by atoms with E-state index in [0.717, 1.165) is 46.4 Å². The standard InChI is InChI=1S/C77H121N13O43S9/c1-2-3-17-84-74(91)58-47-68(131-52-59(78)50-89(81)21-5-19-86-76(93)56-43-64(124-25-9-34-136(101,102)103)71(129-30-14-39-141(116,117)118)65(44-56)125-26-10-35-137(104,105)106)73(133-54-61(88-80)49-83-16-4-18-85-75(92)55-41-62(122-23-7-32-134(95,96)97)70(128-29-13-38-140(113,114)115)63(42-55)123-24-8-33-135(98,99)100)69(48-58)132-53-60(79)51-90(82)22-6-20-87-77(94)57-45-66(126-27-11-36-138(107,108)109)72(130-31-15-40-142(119,120)121)67(46-57)127-28-12-37-139(110,111)112/h41-51H,2-40,52-54,78-82H2,1H3,(H,84,91)(H,85,92)(H,86,93)(H,87,94)(H,95,96,97)(H,98,99,100)(H,101,102,103)(H,104,105,106)(H,107,108,109)(H,110,111,112)(H,113,114,115)(H,116,117,118)(H,119,120,121)/b59-50-,60-51-,83-49?,88-61?. The molecule has 0 aromatic heterocycles. The zero-order valence-corrected chi connectivity index (χ0v) is 84.2. The molecule has 0 bridgehead atoms. The van der Waals surface area contributed by atoms with Gasteiger partial charge < -0.3 is 105 Å². The van der Waals surface area contributed by atoms with Gasteiger partial charge in [-0.25, -0.2) is 11.7 Å². The number of nitrogens with two attached hydrogens (primary N) is 5. The highest BCUT2D eigenvalue weighted by molar-refractivity contribution is 7.87. The first-order valence-corrected chi connectivity index (χ1v) is 57.4. The molecule has 23 N–H and O–H groups in total. The highest BCUT2D eigenvalue weighted by Crippen LogP contribution is 2.44. The van der Waals surface area contributed by atoms with Gasteiger partial charge in [0.15, 0.2) is 46.0 Å². The zero-order chi connectivity index (χ0) is 106. The summed E-state index contributed by atoms with van der Waals surface area (Å²) < 4.78 is 361. The van der Waals surface area contributed by atoms with Crippen LogP contribution in [0.4, 0.5) is 0 Å². The molecule has 0 radical (unpaired) electrons. The molecule has 0 saturated carbocycles. The molecule has 0 aliphatic carbocycles. The number of nitrogens with zero attached hydrogens (tertiary/aromatic N) is 4. The van der Waals surface area contributed by atoms with Crippen LogP contribution in [0.3, 0.4) is 0 Å². The molecule has 0 saturated heterocycles. The van der Waals surface area contributed by atoms with Crippen molar-refractivity contribution in [3.63, 3.8) is 0 Å². The summed E-state index contributed by atoms with van der Waals surface area (Å²) in [4.78, 5) is 59.9. The second kappa shape index (κ2) is 60.8. The number of hydrazone groups is 1. The van der Waals surface area contributed by atoms with Gasteiger partial charge in [0.1, 0.15) is 25.5 Å². The predicted octanol–water partition coefficient (Wildman–Crippen LogP) is 0.0606. The lowest BCUT2D eigenvalue weighted by atomic mass is 10.1. The fourth-order valence-corrected chi connectivity index (χ4v) is 15.9. The van der Waals surface area contributed by atoms with E-state index in [4.69, 9.17) is 85.8 Å². The van der Waals surface area contributed by atoms with Crippen LogP contribution in [0.15, 0.2) is 82.4 Å². The Bertz CT molecular complexity index is 5620. The Morgan fingerprint density at radius 1 is 0.310 bits per heavy atom. The summed E-state index contributed by atoms with van der Waals surface area (Å²) in [5.74, 6) is 5.63. The summed E-state index contributed by atoms with van der Waals surface area (Å²) in [6, 6.07) is 9.44. The van der Waals surface area contributed by atoms with Gasteiger partial charge >= 0.3 is 0 Å². The van der Waals surface area contributed by atoms with E-state index >= 15 is 0 Å². The predicted molar refractivity (Wildman–Crippen MR) is 510 cm³/mol. The van der Waals surface area contributed by atoms with Crippen LogP contribution in [-0.4, -0.2) is 339 Å². The Kier molecular flexibility index (Phi) is 52.9. The van der Waals surface area contributed by atoms with Crippen molar-refractivity contribution in [2.45, 2.75) is 96.8 Å². The van der Waals surface area contributed by atoms with Crippen molar-refractivity contribution in [3.05, 3.63) is 94.6 Å². The second-order valence-corrected chi connectivity index (χ2v) is 44.6. The highest BCUT2D eigenvalue weighted by Gasteiger charge is 2.28. The molecule has 4 aromatic rings. The number of amides is 4. The second-order valence-electron chi connectivity index (χ2n) is 30.4. The number of hydrogen-bond donors (Lipinski definition) is 18. The Labute approximate surface area is 821 Å². The van der Waals surface area contributed by atoms with E-state index in [1.807, 2.05) is 6.92 Å². The van der Waals surface area contributed by atoms with Crippen molar-refractivity contribution in [1.29, 1.82) is 0 Å². The molecule has 0 atom stereocenters. The molecular weight excluding hydrogens is 2080 g/mol. The van der Waals surface area contributed by atoms with E-state index in [2.05, 4.69) is 31.4 Å². The monoisotopic (exact) mass is 2200 g/mol. The third-order valence-electron chi connectivity index (χ3n) is 17.9. The molecule has 56 nitrogen and oxygen atoms in total. The third kappa shape index (κ3) is 56.4. The summed E-state index contributed by atoms with van der Waals surface area (Å²) in [6.07, 6.45) is 2.50. The maximum absolute atomic E-state index is 14.0. The lowest BCUT2D eigenvalue weighted by molar-refractivity contribution is 0.0943. The molecule has 65 heteroatoms. The Hall–Kier alpha value is -10.7. The number of hydrazine groups is 2. The SMILES string of the molecule is CCCCNC(=O)c1cc(OC/C(N)=C/N(N)CCCNC(=O)c2cc(OCCCS(=O)(=O)O)c(OCCCS(=O)(=O)O)c(OCCCS(=O)(=O)O)c2)c(OCC(C=NCCCNC(=O)c2cc(OCCCS(=O)(=O)O)c(OCCCS(=O)(=O)O)c(OCCCS(=O)(=O)O)c2)=NN)c(OC/C(N)=C/N(N)CCCNC(=O)c2cc(OCCCS(=O)(=O)O)c(OCCCS(=O)(=O)O)c(OCCCS(=O)(=O)O)c2)c1. The highest BCUT2D eigenvalue weighted by atomic mass is 32.3. The van der Waals surface area contributed by atoms with Crippen molar-refractivity contribution in [3.8, 4) is 69.0 Å². The average molecular weight is 2210 g/mol. The number of unbranched alkanes of at least 4 members (excludes halogenated alkanes) is 1. The van der Waals surface area contributed by atoms with Crippen LogP contribution in [-0.2, 0) is 91.1 Å². The Morgan fingerprint density at radius 2 is 0.521 bits per heavy atom. The third-order valence-corrected chi connectivity index (χ3v) is 25.1. The summed E-state index contributed by atoms with van der Waals surface area (Å²) in [7, 11) is -40.2. The molecule has 806 valence electrons. The summed E-state index contributed by atoms with van der Waals surface area (Å²) in [6.45, 7) is -3.80. The molecule has 0 spiro atoms. The van der Waals surface area contributed by atoms with Crippen LogP contribution in [0.2, 0.25) is 0 Å². The van der Waals surface area contributed by atoms with Crippen LogP contribution in [0.25, 0.3) is 0 Å². The van der Waals surface area contributed by atoms with E-state index in [9.17, 15) is 136 Å². The number of nitrogens with one attached hydrogen (secondary N) is 4. The maximum atomic E-state index is 14.0. The smallest absolute Gasteiger partial charge is 0.264 e. The molecule has 0 heterocycles. The first-order chi connectivity index (χ1) is 66.3. The van der Waals surface area contributed by atoms with Gasteiger partial charge in [-0.2, -0.15) is 80.9 Å². The number of rotatable bonds is 76. The average Bonchev–Trinajstić information content (AvgIpc) is 0.845. The number of hydrogen-bond acceptors (Lipinski definition) is 43. The minimum Gasteiger partial charge on any atom is -0.489 e. The summed E-state index contributed by atoms with van der Waals surface area (Å²) in [5, 5.41) is 16.8. The Morgan fingerprint density at radius 3 is 0.746 bits per heavy atom. The fourth-order valence-electron chi connectivity index (χ4n) is 11.5. The van der Waals surface area contributed by atoms with Crippen LogP contribution in [0.5, 0.6) is 69.0 Å². The number of carbonyl (C=O) groups excluding carboxylic acids is 4. The van der Waals surface area contributed by atoms with Crippen molar-refractivity contribution >= 4 is 127 Å². The van der Waals surface area contributed by atoms with E-state index in [-0.39, 0.29) is 231 Å². The van der Waals surface area contributed by atoms with Crippen molar-refractivity contribution < 1.29 is 193 Å². The first-order valence-electron chi connectivity index (χ1n) is 42.9. The largest absolute Gasteiger partial charge is 0.489 e. The van der Waals surface area contributed by atoms with Gasteiger partial charge in [-0.1, -0.05) is 13.3 Å². The van der Waals surface area contributed by atoms with Crippen LogP contribution in [0, 0.1) is 0 Å². The molecule has 4 amide bonds. The number of carbonyl (C=O) groups is 4. The fraction of sp³-hybridized carbons (Fsp3) is 0.558. The Balaban J connectivity index is 1.70. The minimum absolute atomic E-state index is 0.0446. The van der Waals surface area contributed by atoms with Gasteiger partial charge in [0.25, 0.3) is 115 Å². The van der Waals surface area contributed by atoms with E-state index in [1.165, 1.54) is 30.7 Å². The number of aliphatic imine (C=N–C) groups is 1. The first kappa shape index (κ1) is 124. The van der Waals surface area contributed by atoms with Crippen LogP contribution in [0.1, 0.15) is 138 Å². The van der Waals surface area contributed by atoms with Crippen LogP contribution >= 0.6 is 0 Å². The van der Waals surface area contributed by atoms with Gasteiger partial charge in [0.05, 0.1) is 123 Å². The number of benzene rings is 4. The van der Waals surface area contributed by atoms with E-state index in [1.54, 1.807) is 0 Å².